The van der Waals surface area contributed by atoms with Gasteiger partial charge >= 0.3 is 0 Å². The molecule has 0 unspecified atom stereocenters. The van der Waals surface area contributed by atoms with E-state index >= 15 is 0 Å². The Morgan fingerprint density at radius 1 is 0.929 bits per heavy atom. The minimum absolute atomic E-state index is 0.0218. The lowest BCUT2D eigenvalue weighted by molar-refractivity contribution is 0.308. The smallest absolute Gasteiger partial charge is 0.222 e. The highest BCUT2D eigenvalue weighted by molar-refractivity contribution is 5.85. The maximum atomic E-state index is 9.39. The van der Waals surface area contributed by atoms with Crippen LogP contribution >= 0.6 is 0 Å². The predicted octanol–water partition coefficient (Wildman–Crippen LogP) is 3.91. The van der Waals surface area contributed by atoms with Crippen LogP contribution in [-0.4, -0.2) is 9.97 Å². The van der Waals surface area contributed by atoms with Gasteiger partial charge in [-0.1, -0.05) is 54.6 Å². The van der Waals surface area contributed by atoms with Gasteiger partial charge in [0, 0.05) is 5.56 Å². The normalized spacial score (nSPS) is 10.5. The zero-order valence-electron chi connectivity index (χ0n) is 15.0. The van der Waals surface area contributed by atoms with Crippen molar-refractivity contribution in [3.05, 3.63) is 77.9 Å². The molecule has 0 aliphatic rings. The molecule has 0 aliphatic heterocycles. The van der Waals surface area contributed by atoms with Crippen LogP contribution in [0.2, 0.25) is 0 Å². The topological polar surface area (TPSA) is 111 Å². The van der Waals surface area contributed by atoms with Crippen LogP contribution in [0.15, 0.2) is 66.7 Å². The molecule has 0 bridgehead atoms. The summed E-state index contributed by atoms with van der Waals surface area (Å²) in [5.41, 5.74) is 13.9. The highest BCUT2D eigenvalue weighted by Crippen LogP contribution is 2.28. The first kappa shape index (κ1) is 17.3. The van der Waals surface area contributed by atoms with Crippen LogP contribution in [0.3, 0.4) is 0 Å². The molecule has 0 amide bonds. The Balaban J connectivity index is 1.64. The summed E-state index contributed by atoms with van der Waals surface area (Å²) in [5, 5.41) is 11.7. The molecule has 0 saturated heterocycles. The summed E-state index contributed by atoms with van der Waals surface area (Å²) in [6, 6.07) is 23.7. The number of ether oxygens (including phenoxy) is 1. The number of aromatic nitrogens is 2. The fraction of sp³-hybridized carbons (Fsp3) is 0.0455. The first-order valence-electron chi connectivity index (χ1n) is 8.68. The van der Waals surface area contributed by atoms with E-state index in [9.17, 15) is 5.26 Å². The van der Waals surface area contributed by atoms with Crippen molar-refractivity contribution in [1.82, 2.24) is 9.97 Å². The molecule has 0 atom stereocenters. The molecule has 0 saturated carbocycles. The standard InChI is InChI=1S/C22H17N5O/c23-12-19-20(26-22(25)27-21(19)24)15-7-4-9-17(11-15)28-13-16-8-3-6-14-5-1-2-10-18(14)16/h1-11H,13H2,(H4,24,25,26,27). The van der Waals surface area contributed by atoms with Gasteiger partial charge in [0.15, 0.2) is 0 Å². The first-order chi connectivity index (χ1) is 13.7. The quantitative estimate of drug-likeness (QED) is 0.566. The molecule has 0 spiro atoms. The summed E-state index contributed by atoms with van der Waals surface area (Å²) < 4.78 is 6.01. The van der Waals surface area contributed by atoms with Crippen LogP contribution in [0, 0.1) is 11.3 Å². The average molecular weight is 367 g/mol. The van der Waals surface area contributed by atoms with Crippen LogP contribution in [0.25, 0.3) is 22.0 Å². The van der Waals surface area contributed by atoms with Crippen molar-refractivity contribution in [2.24, 2.45) is 0 Å². The molecule has 136 valence electrons. The third kappa shape index (κ3) is 3.29. The molecule has 0 aliphatic carbocycles. The minimum atomic E-state index is 0.0218. The fourth-order valence-corrected chi connectivity index (χ4v) is 3.13. The van der Waals surface area contributed by atoms with E-state index < -0.39 is 0 Å². The summed E-state index contributed by atoms with van der Waals surface area (Å²) in [6.45, 7) is 0.421. The molecule has 1 aromatic heterocycles. The van der Waals surface area contributed by atoms with Gasteiger partial charge in [-0.05, 0) is 28.5 Å². The van der Waals surface area contributed by atoms with Gasteiger partial charge in [-0.15, -0.1) is 0 Å². The minimum Gasteiger partial charge on any atom is -0.489 e. The number of nitrogens with zero attached hydrogens (tertiary/aromatic N) is 3. The van der Waals surface area contributed by atoms with Gasteiger partial charge in [-0.2, -0.15) is 10.2 Å². The van der Waals surface area contributed by atoms with Crippen LogP contribution < -0.4 is 16.2 Å². The Labute approximate surface area is 162 Å². The number of nitrogens with two attached hydrogens (primary N) is 2. The van der Waals surface area contributed by atoms with E-state index in [0.717, 1.165) is 10.9 Å². The van der Waals surface area contributed by atoms with Gasteiger partial charge in [0.1, 0.15) is 29.8 Å². The number of benzene rings is 3. The van der Waals surface area contributed by atoms with Crippen molar-refractivity contribution in [1.29, 1.82) is 5.26 Å². The van der Waals surface area contributed by atoms with Gasteiger partial charge in [0.05, 0.1) is 5.69 Å². The van der Waals surface area contributed by atoms with Crippen LogP contribution in [-0.2, 0) is 6.61 Å². The van der Waals surface area contributed by atoms with Gasteiger partial charge in [0.2, 0.25) is 5.95 Å². The molecule has 0 radical (unpaired) electrons. The molecule has 0 fully saturated rings. The number of fused-ring (bicyclic) bond motifs is 1. The predicted molar refractivity (Wildman–Crippen MR) is 109 cm³/mol. The summed E-state index contributed by atoms with van der Waals surface area (Å²) in [5.74, 6) is 0.741. The van der Waals surface area contributed by atoms with Crippen molar-refractivity contribution in [3.63, 3.8) is 0 Å². The molecule has 4 N–H and O–H groups in total. The maximum absolute atomic E-state index is 9.39. The number of rotatable bonds is 4. The molecule has 6 nitrogen and oxygen atoms in total. The third-order valence-corrected chi connectivity index (χ3v) is 4.45. The Kier molecular flexibility index (Phi) is 4.48. The number of nitriles is 1. The summed E-state index contributed by atoms with van der Waals surface area (Å²) >= 11 is 0. The zero-order chi connectivity index (χ0) is 19.5. The molecule has 4 rings (SSSR count). The van der Waals surface area contributed by atoms with Gasteiger partial charge in [-0.3, -0.25) is 0 Å². The average Bonchev–Trinajstić information content (AvgIpc) is 2.72. The van der Waals surface area contributed by atoms with Gasteiger partial charge in [-0.25, -0.2) is 4.98 Å². The lowest BCUT2D eigenvalue weighted by atomic mass is 10.1. The van der Waals surface area contributed by atoms with E-state index in [0.29, 0.717) is 23.6 Å². The first-order valence-corrected chi connectivity index (χ1v) is 8.68. The monoisotopic (exact) mass is 367 g/mol. The van der Waals surface area contributed by atoms with Gasteiger partial charge in [0.25, 0.3) is 0 Å². The van der Waals surface area contributed by atoms with E-state index in [1.54, 1.807) is 0 Å². The van der Waals surface area contributed by atoms with Crippen molar-refractivity contribution in [3.8, 4) is 23.1 Å². The van der Waals surface area contributed by atoms with Crippen LogP contribution in [0.4, 0.5) is 11.8 Å². The molecular weight excluding hydrogens is 350 g/mol. The summed E-state index contributed by atoms with van der Waals surface area (Å²) in [7, 11) is 0. The number of nitrogen functional groups attached to an aromatic ring is 2. The molecule has 4 aromatic rings. The second-order valence-electron chi connectivity index (χ2n) is 6.26. The molecule has 1 heterocycles. The van der Waals surface area contributed by atoms with E-state index in [1.165, 1.54) is 5.39 Å². The van der Waals surface area contributed by atoms with E-state index in [-0.39, 0.29) is 17.3 Å². The molecule has 3 aromatic carbocycles. The Morgan fingerprint density at radius 3 is 2.57 bits per heavy atom. The Morgan fingerprint density at radius 2 is 1.71 bits per heavy atom. The highest BCUT2D eigenvalue weighted by atomic mass is 16.5. The number of hydrogen-bond acceptors (Lipinski definition) is 6. The molecule has 6 heteroatoms. The molecular formula is C22H17N5O. The van der Waals surface area contributed by atoms with E-state index in [1.807, 2.05) is 54.6 Å². The molecule has 28 heavy (non-hydrogen) atoms. The second kappa shape index (κ2) is 7.25. The third-order valence-electron chi connectivity index (χ3n) is 4.45. The Hall–Kier alpha value is -4.11. The lowest BCUT2D eigenvalue weighted by Gasteiger charge is -2.11. The SMILES string of the molecule is N#Cc1c(N)nc(N)nc1-c1cccc(OCc2cccc3ccccc23)c1. The largest absolute Gasteiger partial charge is 0.489 e. The summed E-state index contributed by atoms with van der Waals surface area (Å²) in [6.07, 6.45) is 0. The number of hydrogen-bond donors (Lipinski definition) is 2. The lowest BCUT2D eigenvalue weighted by Crippen LogP contribution is -2.05. The van der Waals surface area contributed by atoms with E-state index in [2.05, 4.69) is 28.2 Å². The Bertz CT molecular complexity index is 1210. The van der Waals surface area contributed by atoms with Crippen molar-refractivity contribution >= 4 is 22.5 Å². The zero-order valence-corrected chi connectivity index (χ0v) is 15.0. The van der Waals surface area contributed by atoms with Crippen molar-refractivity contribution in [2.75, 3.05) is 11.5 Å². The van der Waals surface area contributed by atoms with Crippen molar-refractivity contribution < 1.29 is 4.74 Å². The fourth-order valence-electron chi connectivity index (χ4n) is 3.13. The number of anilines is 2. The van der Waals surface area contributed by atoms with Crippen molar-refractivity contribution in [2.45, 2.75) is 6.61 Å². The van der Waals surface area contributed by atoms with Gasteiger partial charge < -0.3 is 16.2 Å². The van der Waals surface area contributed by atoms with Crippen LogP contribution in [0.5, 0.6) is 5.75 Å². The second-order valence-corrected chi connectivity index (χ2v) is 6.26. The maximum Gasteiger partial charge on any atom is 0.222 e. The highest BCUT2D eigenvalue weighted by Gasteiger charge is 2.14. The van der Waals surface area contributed by atoms with Crippen LogP contribution in [0.1, 0.15) is 11.1 Å². The summed E-state index contributed by atoms with van der Waals surface area (Å²) in [4.78, 5) is 8.03. The van der Waals surface area contributed by atoms with E-state index in [4.69, 9.17) is 16.2 Å².